The average molecular weight is 346 g/mol. The fraction of sp³-hybridized carbons (Fsp3) is 0.316. The summed E-state index contributed by atoms with van der Waals surface area (Å²) in [5.41, 5.74) is 0.417. The van der Waals surface area contributed by atoms with Gasteiger partial charge < -0.3 is 14.0 Å². The molecule has 0 bridgehead atoms. The van der Waals surface area contributed by atoms with Crippen LogP contribution in [0.25, 0.3) is 0 Å². The van der Waals surface area contributed by atoms with Gasteiger partial charge in [0.1, 0.15) is 11.5 Å². The number of carbonyl (C=O) groups is 1. The minimum atomic E-state index is -1.000. The highest BCUT2D eigenvalue weighted by Gasteiger charge is 2.20. The molecular formula is C19H23O4P. The van der Waals surface area contributed by atoms with E-state index in [9.17, 15) is 4.79 Å². The number of carbonyl (C=O) groups excluding carboxylic acids is 1. The van der Waals surface area contributed by atoms with Gasteiger partial charge in [0, 0.05) is 10.6 Å². The third kappa shape index (κ3) is 4.34. The molecule has 0 fully saturated rings. The van der Waals surface area contributed by atoms with Crippen LogP contribution in [-0.4, -0.2) is 27.1 Å². The molecule has 24 heavy (non-hydrogen) atoms. The quantitative estimate of drug-likeness (QED) is 0.395. The fourth-order valence-corrected chi connectivity index (χ4v) is 4.14. The largest absolute Gasteiger partial charge is 0.496 e. The molecule has 1 unspecified atom stereocenters. The second-order valence-electron chi connectivity index (χ2n) is 5.20. The van der Waals surface area contributed by atoms with Gasteiger partial charge in [-0.3, -0.25) is 4.79 Å². The van der Waals surface area contributed by atoms with Crippen molar-refractivity contribution in [2.24, 2.45) is 0 Å². The molecule has 0 aliphatic rings. The summed E-state index contributed by atoms with van der Waals surface area (Å²) in [5.74, 6) is 1.00. The zero-order valence-electron chi connectivity index (χ0n) is 14.3. The number of benzene rings is 2. The molecule has 0 aliphatic heterocycles. The first-order valence-electron chi connectivity index (χ1n) is 7.94. The van der Waals surface area contributed by atoms with Crippen molar-refractivity contribution in [2.45, 2.75) is 19.8 Å². The molecule has 2 aromatic rings. The van der Waals surface area contributed by atoms with Crippen LogP contribution in [0, 0.1) is 0 Å². The lowest BCUT2D eigenvalue weighted by atomic mass is 10.2. The van der Waals surface area contributed by atoms with Crippen LogP contribution in [0.1, 0.15) is 30.1 Å². The van der Waals surface area contributed by atoms with Gasteiger partial charge in [-0.15, -0.1) is 0 Å². The maximum atomic E-state index is 11.3. The van der Waals surface area contributed by atoms with E-state index in [4.69, 9.17) is 14.0 Å². The van der Waals surface area contributed by atoms with E-state index in [1.165, 1.54) is 0 Å². The van der Waals surface area contributed by atoms with Crippen molar-refractivity contribution in [3.63, 3.8) is 0 Å². The molecule has 128 valence electrons. The average Bonchev–Trinajstić information content (AvgIpc) is 2.64. The number of methoxy groups -OCH3 is 2. The summed E-state index contributed by atoms with van der Waals surface area (Å²) in [5, 5.41) is 2.08. The Kier molecular flexibility index (Phi) is 7.23. The van der Waals surface area contributed by atoms with E-state index in [2.05, 4.69) is 19.1 Å². The standard InChI is InChI=1S/C19H23O4P/c1-4-5-11-23-24(15-9-7-6-8-10-15)16-12-18(21-2)17(14-20)19(13-16)22-3/h6-10,12-14H,4-5,11H2,1-3H3. The van der Waals surface area contributed by atoms with E-state index in [1.54, 1.807) is 14.2 Å². The van der Waals surface area contributed by atoms with Crippen molar-refractivity contribution in [1.82, 2.24) is 0 Å². The van der Waals surface area contributed by atoms with Gasteiger partial charge in [-0.05, 0) is 18.6 Å². The zero-order chi connectivity index (χ0) is 17.4. The van der Waals surface area contributed by atoms with Crippen LogP contribution in [-0.2, 0) is 4.52 Å². The van der Waals surface area contributed by atoms with Gasteiger partial charge in [-0.1, -0.05) is 43.7 Å². The first-order valence-corrected chi connectivity index (χ1v) is 9.20. The Morgan fingerprint density at radius 2 is 1.62 bits per heavy atom. The van der Waals surface area contributed by atoms with Crippen LogP contribution in [0.15, 0.2) is 42.5 Å². The maximum Gasteiger partial charge on any atom is 0.157 e. The Morgan fingerprint density at radius 3 is 2.12 bits per heavy atom. The number of hydrogen-bond acceptors (Lipinski definition) is 4. The molecule has 0 N–H and O–H groups in total. The second kappa shape index (κ2) is 9.41. The predicted molar refractivity (Wildman–Crippen MR) is 98.4 cm³/mol. The van der Waals surface area contributed by atoms with E-state index in [0.717, 1.165) is 29.7 Å². The lowest BCUT2D eigenvalue weighted by Gasteiger charge is -2.20. The number of unbranched alkanes of at least 4 members (excludes halogenated alkanes) is 1. The van der Waals surface area contributed by atoms with Gasteiger partial charge in [0.25, 0.3) is 0 Å². The van der Waals surface area contributed by atoms with Gasteiger partial charge in [0.15, 0.2) is 6.29 Å². The summed E-state index contributed by atoms with van der Waals surface area (Å²) >= 11 is 0. The van der Waals surface area contributed by atoms with Crippen LogP contribution in [0.5, 0.6) is 11.5 Å². The minimum Gasteiger partial charge on any atom is -0.496 e. The van der Waals surface area contributed by atoms with Crippen LogP contribution in [0.4, 0.5) is 0 Å². The van der Waals surface area contributed by atoms with Crippen molar-refractivity contribution in [3.8, 4) is 11.5 Å². The molecule has 2 aromatic carbocycles. The van der Waals surface area contributed by atoms with Crippen molar-refractivity contribution < 1.29 is 18.8 Å². The highest BCUT2D eigenvalue weighted by Crippen LogP contribution is 2.39. The van der Waals surface area contributed by atoms with Crippen molar-refractivity contribution in [3.05, 3.63) is 48.0 Å². The molecule has 0 heterocycles. The lowest BCUT2D eigenvalue weighted by molar-refractivity contribution is 0.111. The smallest absolute Gasteiger partial charge is 0.157 e. The normalized spacial score (nSPS) is 11.8. The fourth-order valence-electron chi connectivity index (χ4n) is 2.32. The molecule has 0 saturated heterocycles. The van der Waals surface area contributed by atoms with Gasteiger partial charge in [0.05, 0.1) is 34.5 Å². The van der Waals surface area contributed by atoms with Crippen molar-refractivity contribution in [2.75, 3.05) is 20.8 Å². The van der Waals surface area contributed by atoms with Crippen LogP contribution >= 0.6 is 8.15 Å². The minimum absolute atomic E-state index is 0.417. The van der Waals surface area contributed by atoms with Crippen molar-refractivity contribution in [1.29, 1.82) is 0 Å². The third-order valence-electron chi connectivity index (χ3n) is 3.59. The summed E-state index contributed by atoms with van der Waals surface area (Å²) in [6, 6.07) is 13.9. The van der Waals surface area contributed by atoms with E-state index in [1.807, 2.05) is 30.3 Å². The molecule has 0 saturated carbocycles. The topological polar surface area (TPSA) is 44.8 Å². The second-order valence-corrected chi connectivity index (χ2v) is 7.08. The molecule has 1 atom stereocenters. The summed E-state index contributed by atoms with van der Waals surface area (Å²) in [7, 11) is 2.10. The van der Waals surface area contributed by atoms with E-state index >= 15 is 0 Å². The Bertz CT molecular complexity index is 633. The number of ether oxygens (including phenoxy) is 2. The Morgan fingerprint density at radius 1 is 1.00 bits per heavy atom. The van der Waals surface area contributed by atoms with Crippen LogP contribution < -0.4 is 20.1 Å². The molecule has 0 aliphatic carbocycles. The first-order chi connectivity index (χ1) is 11.7. The number of hydrogen-bond donors (Lipinski definition) is 0. The van der Waals surface area contributed by atoms with Gasteiger partial charge in [-0.25, -0.2) is 0 Å². The Balaban J connectivity index is 2.46. The van der Waals surface area contributed by atoms with E-state index in [-0.39, 0.29) is 0 Å². The SMILES string of the molecule is CCCCOP(c1ccccc1)c1cc(OC)c(C=O)c(OC)c1. The summed E-state index contributed by atoms with van der Waals surface area (Å²) in [6.07, 6.45) is 2.84. The molecule has 2 rings (SSSR count). The number of aldehydes is 1. The Hall–Kier alpha value is -1.90. The summed E-state index contributed by atoms with van der Waals surface area (Å²) in [6.45, 7) is 2.83. The van der Waals surface area contributed by atoms with E-state index < -0.39 is 8.15 Å². The van der Waals surface area contributed by atoms with Crippen molar-refractivity contribution >= 4 is 25.0 Å². The molecule has 0 radical (unpaired) electrons. The van der Waals surface area contributed by atoms with Gasteiger partial charge >= 0.3 is 0 Å². The molecule has 0 aromatic heterocycles. The third-order valence-corrected chi connectivity index (χ3v) is 5.53. The Labute approximate surface area is 144 Å². The highest BCUT2D eigenvalue weighted by atomic mass is 31.1. The first kappa shape index (κ1) is 18.4. The molecule has 0 amide bonds. The molecule has 0 spiro atoms. The number of rotatable bonds is 9. The van der Waals surface area contributed by atoms with Gasteiger partial charge in [-0.2, -0.15) is 0 Å². The van der Waals surface area contributed by atoms with Crippen LogP contribution in [0.3, 0.4) is 0 Å². The van der Waals surface area contributed by atoms with Gasteiger partial charge in [0.2, 0.25) is 0 Å². The summed E-state index contributed by atoms with van der Waals surface area (Å²) < 4.78 is 16.9. The van der Waals surface area contributed by atoms with E-state index in [0.29, 0.717) is 23.7 Å². The molecule has 4 nitrogen and oxygen atoms in total. The summed E-state index contributed by atoms with van der Waals surface area (Å²) in [4.78, 5) is 11.3. The van der Waals surface area contributed by atoms with Crippen LogP contribution in [0.2, 0.25) is 0 Å². The monoisotopic (exact) mass is 346 g/mol. The lowest BCUT2D eigenvalue weighted by Crippen LogP contribution is -2.16. The highest BCUT2D eigenvalue weighted by molar-refractivity contribution is 7.68. The zero-order valence-corrected chi connectivity index (χ0v) is 15.2. The molecule has 5 heteroatoms. The predicted octanol–water partition coefficient (Wildman–Crippen LogP) is 3.68. The maximum absolute atomic E-state index is 11.3. The molecular weight excluding hydrogens is 323 g/mol.